The van der Waals surface area contributed by atoms with E-state index in [1.807, 2.05) is 33.8 Å². The van der Waals surface area contributed by atoms with Gasteiger partial charge in [-0.1, -0.05) is 6.07 Å². The maximum Gasteiger partial charge on any atom is 0.340 e. The smallest absolute Gasteiger partial charge is 0.340 e. The molecule has 0 spiro atoms. The lowest BCUT2D eigenvalue weighted by atomic mass is 9.98. The van der Waals surface area contributed by atoms with Gasteiger partial charge in [-0.25, -0.2) is 4.79 Å². The summed E-state index contributed by atoms with van der Waals surface area (Å²) in [5.41, 5.74) is 4.24. The minimum atomic E-state index is -0.511. The minimum absolute atomic E-state index is 0.0815. The number of hydrogen-bond donors (Lipinski definition) is 1. The second kappa shape index (κ2) is 7.37. The van der Waals surface area contributed by atoms with Crippen LogP contribution in [0.5, 0.6) is 5.75 Å². The molecule has 154 valence electrons. The van der Waals surface area contributed by atoms with E-state index >= 15 is 0 Å². The molecule has 1 N–H and O–H groups in total. The summed E-state index contributed by atoms with van der Waals surface area (Å²) < 4.78 is 16.7. The van der Waals surface area contributed by atoms with Crippen molar-refractivity contribution in [3.8, 4) is 5.75 Å². The summed E-state index contributed by atoms with van der Waals surface area (Å²) in [7, 11) is 1.56. The molecule has 4 aromatic rings. The van der Waals surface area contributed by atoms with Crippen molar-refractivity contribution in [2.45, 2.75) is 34.1 Å². The van der Waals surface area contributed by atoms with Gasteiger partial charge in [0.05, 0.1) is 19.1 Å². The van der Waals surface area contributed by atoms with Gasteiger partial charge in [-0.05, 0) is 57.0 Å². The predicted octanol–water partition coefficient (Wildman–Crippen LogP) is 4.96. The van der Waals surface area contributed by atoms with Gasteiger partial charge in [0.25, 0.3) is 0 Å². The molecule has 0 bridgehead atoms. The van der Waals surface area contributed by atoms with Crippen molar-refractivity contribution < 1.29 is 18.4 Å². The molecule has 0 aliphatic carbocycles. The van der Waals surface area contributed by atoms with Gasteiger partial charge in [0.1, 0.15) is 22.7 Å². The van der Waals surface area contributed by atoms with Gasteiger partial charge in [-0.15, -0.1) is 0 Å². The number of nitrogens with one attached hydrogen (secondary N) is 1. The van der Waals surface area contributed by atoms with Crippen molar-refractivity contribution in [3.05, 3.63) is 68.8 Å². The van der Waals surface area contributed by atoms with Crippen LogP contribution in [0.1, 0.15) is 28.0 Å². The van der Waals surface area contributed by atoms with Crippen LogP contribution < -0.4 is 15.7 Å². The van der Waals surface area contributed by atoms with Crippen LogP contribution in [0.4, 0.5) is 5.69 Å². The first-order chi connectivity index (χ1) is 14.3. The zero-order valence-corrected chi connectivity index (χ0v) is 17.6. The van der Waals surface area contributed by atoms with E-state index in [4.69, 9.17) is 13.6 Å². The molecule has 1 amide bonds. The van der Waals surface area contributed by atoms with E-state index in [9.17, 15) is 9.59 Å². The Balaban J connectivity index is 1.75. The second-order valence-corrected chi connectivity index (χ2v) is 7.49. The van der Waals surface area contributed by atoms with Crippen LogP contribution in [-0.2, 0) is 11.2 Å². The third-order valence-corrected chi connectivity index (χ3v) is 5.64. The van der Waals surface area contributed by atoms with E-state index < -0.39 is 5.63 Å². The molecule has 0 radical (unpaired) electrons. The van der Waals surface area contributed by atoms with Gasteiger partial charge in [-0.2, -0.15) is 0 Å². The molecule has 0 unspecified atom stereocenters. The van der Waals surface area contributed by atoms with Gasteiger partial charge < -0.3 is 18.9 Å². The van der Waals surface area contributed by atoms with Crippen molar-refractivity contribution in [2.24, 2.45) is 0 Å². The zero-order chi connectivity index (χ0) is 21.6. The van der Waals surface area contributed by atoms with E-state index in [2.05, 4.69) is 5.32 Å². The molecule has 6 heteroatoms. The molecule has 2 aromatic carbocycles. The SMILES string of the molecule is COc1cccc(NC(=O)Cc2c(C)c3cc4c(C)c(C)oc4c(C)c3oc2=O)c1. The average molecular weight is 405 g/mol. The van der Waals surface area contributed by atoms with Gasteiger partial charge in [-0.3, -0.25) is 4.79 Å². The summed E-state index contributed by atoms with van der Waals surface area (Å²) in [6.45, 7) is 7.64. The molecule has 30 heavy (non-hydrogen) atoms. The molecule has 0 saturated carbocycles. The molecule has 0 saturated heterocycles. The Labute approximate surface area is 173 Å². The fourth-order valence-corrected chi connectivity index (χ4v) is 3.76. The highest BCUT2D eigenvalue weighted by atomic mass is 16.5. The first kappa shape index (κ1) is 19.8. The number of benzene rings is 2. The molecular formula is C24H23NO5. The summed E-state index contributed by atoms with van der Waals surface area (Å²) in [5, 5.41) is 4.61. The van der Waals surface area contributed by atoms with E-state index in [0.717, 1.165) is 38.8 Å². The highest BCUT2D eigenvalue weighted by Gasteiger charge is 2.20. The van der Waals surface area contributed by atoms with Crippen molar-refractivity contribution in [1.82, 2.24) is 0 Å². The first-order valence-corrected chi connectivity index (χ1v) is 9.69. The first-order valence-electron chi connectivity index (χ1n) is 9.69. The Hall–Kier alpha value is -3.54. The van der Waals surface area contributed by atoms with Crippen LogP contribution in [0, 0.1) is 27.7 Å². The number of methoxy groups -OCH3 is 1. The number of amides is 1. The standard InChI is InChI=1S/C24H23NO5/c1-12-15(4)29-22-14(3)23-19(10-18(12)22)13(2)20(24(27)30-23)11-21(26)25-16-7-6-8-17(9-16)28-5/h6-10H,11H2,1-5H3,(H,25,26). The molecule has 0 aliphatic heterocycles. The van der Waals surface area contributed by atoms with Gasteiger partial charge in [0.2, 0.25) is 5.91 Å². The quantitative estimate of drug-likeness (QED) is 0.485. The summed E-state index contributed by atoms with van der Waals surface area (Å²) in [5.74, 6) is 1.17. The molecule has 0 atom stereocenters. The monoisotopic (exact) mass is 405 g/mol. The van der Waals surface area contributed by atoms with Crippen molar-refractivity contribution >= 4 is 33.5 Å². The fourth-order valence-electron chi connectivity index (χ4n) is 3.76. The highest BCUT2D eigenvalue weighted by Crippen LogP contribution is 2.34. The molecule has 0 aliphatic rings. The van der Waals surface area contributed by atoms with E-state index in [-0.39, 0.29) is 12.3 Å². The summed E-state index contributed by atoms with van der Waals surface area (Å²) in [4.78, 5) is 25.3. The Morgan fingerprint density at radius 3 is 2.40 bits per heavy atom. The number of furan rings is 1. The number of anilines is 1. The normalized spacial score (nSPS) is 11.2. The number of aryl methyl sites for hydroxylation is 4. The van der Waals surface area contributed by atoms with E-state index in [0.29, 0.717) is 22.6 Å². The number of ether oxygens (including phenoxy) is 1. The predicted molar refractivity (Wildman–Crippen MR) is 117 cm³/mol. The Bertz CT molecular complexity index is 1360. The highest BCUT2D eigenvalue weighted by molar-refractivity contribution is 6.01. The average Bonchev–Trinajstić information content (AvgIpc) is 3.01. The molecule has 6 nitrogen and oxygen atoms in total. The fraction of sp³-hybridized carbons (Fsp3) is 0.250. The number of carbonyl (C=O) groups excluding carboxylic acids is 1. The number of hydrogen-bond acceptors (Lipinski definition) is 5. The molecule has 4 rings (SSSR count). The lowest BCUT2D eigenvalue weighted by Crippen LogP contribution is -2.20. The molecule has 2 aromatic heterocycles. The third-order valence-electron chi connectivity index (χ3n) is 5.64. The molecular weight excluding hydrogens is 382 g/mol. The molecule has 2 heterocycles. The topological polar surface area (TPSA) is 81.7 Å². The number of carbonyl (C=O) groups is 1. The Morgan fingerprint density at radius 1 is 0.967 bits per heavy atom. The lowest BCUT2D eigenvalue weighted by Gasteiger charge is -2.11. The zero-order valence-electron chi connectivity index (χ0n) is 17.6. The minimum Gasteiger partial charge on any atom is -0.497 e. The van der Waals surface area contributed by atoms with Gasteiger partial charge >= 0.3 is 5.63 Å². The second-order valence-electron chi connectivity index (χ2n) is 7.49. The lowest BCUT2D eigenvalue weighted by molar-refractivity contribution is -0.115. The Kier molecular flexibility index (Phi) is 4.86. The van der Waals surface area contributed by atoms with Crippen molar-refractivity contribution in [3.63, 3.8) is 0 Å². The van der Waals surface area contributed by atoms with Crippen LogP contribution in [-0.4, -0.2) is 13.0 Å². The maximum atomic E-state index is 12.7. The summed E-state index contributed by atoms with van der Waals surface area (Å²) >= 11 is 0. The number of fused-ring (bicyclic) bond motifs is 2. The largest absolute Gasteiger partial charge is 0.497 e. The van der Waals surface area contributed by atoms with Crippen molar-refractivity contribution in [2.75, 3.05) is 12.4 Å². The van der Waals surface area contributed by atoms with Crippen LogP contribution in [0.2, 0.25) is 0 Å². The number of rotatable bonds is 4. The van der Waals surface area contributed by atoms with E-state index in [1.165, 1.54) is 0 Å². The van der Waals surface area contributed by atoms with Crippen LogP contribution in [0.15, 0.2) is 44.0 Å². The van der Waals surface area contributed by atoms with Crippen LogP contribution in [0.3, 0.4) is 0 Å². The van der Waals surface area contributed by atoms with Crippen molar-refractivity contribution in [1.29, 1.82) is 0 Å². The van der Waals surface area contributed by atoms with Crippen LogP contribution in [0.25, 0.3) is 21.9 Å². The summed E-state index contributed by atoms with van der Waals surface area (Å²) in [6.07, 6.45) is -0.0815. The van der Waals surface area contributed by atoms with Crippen LogP contribution >= 0.6 is 0 Å². The van der Waals surface area contributed by atoms with E-state index in [1.54, 1.807) is 31.4 Å². The third kappa shape index (κ3) is 3.24. The Morgan fingerprint density at radius 2 is 1.67 bits per heavy atom. The molecule has 0 fully saturated rings. The maximum absolute atomic E-state index is 12.7. The van der Waals surface area contributed by atoms with Gasteiger partial charge in [0.15, 0.2) is 0 Å². The summed E-state index contributed by atoms with van der Waals surface area (Å²) in [6, 6.07) is 9.04. The van der Waals surface area contributed by atoms with Gasteiger partial charge in [0, 0.05) is 28.1 Å².